The van der Waals surface area contributed by atoms with Gasteiger partial charge in [-0.3, -0.25) is 9.69 Å². The normalized spacial score (nSPS) is 15.3. The van der Waals surface area contributed by atoms with Crippen LogP contribution in [-0.2, 0) is 11.3 Å². The van der Waals surface area contributed by atoms with Crippen LogP contribution in [0.25, 0.3) is 6.08 Å². The number of hydrogen-bond donors (Lipinski definition) is 1. The van der Waals surface area contributed by atoms with E-state index in [-0.39, 0.29) is 12.2 Å². The molecule has 0 atom stereocenters. The maximum atomic E-state index is 12.6. The molecule has 140 valence electrons. The molecule has 1 heterocycles. The lowest BCUT2D eigenvalue weighted by Crippen LogP contribution is -2.30. The molecule has 2 aromatic rings. The van der Waals surface area contributed by atoms with Crippen molar-refractivity contribution in [3.05, 3.63) is 62.7 Å². The van der Waals surface area contributed by atoms with Crippen molar-refractivity contribution in [3.8, 4) is 11.5 Å². The smallest absolute Gasteiger partial charge is 0.329 e. The minimum Gasteiger partial charge on any atom is -0.493 e. The molecule has 0 spiro atoms. The molecule has 0 aromatic heterocycles. The summed E-state index contributed by atoms with van der Waals surface area (Å²) in [6.45, 7) is 0.162. The fraction of sp³-hybridized carbons (Fsp3) is 0.158. The Morgan fingerprint density at radius 3 is 2.48 bits per heavy atom. The van der Waals surface area contributed by atoms with Gasteiger partial charge in [0.15, 0.2) is 11.5 Å². The standard InChI is InChI=1S/C19H16BrClN2O4/c1-26-16-9-12(7-14(20)17(16)27-2)8-15-18(24)23(19(25)22-15)10-11-3-5-13(21)6-4-11/h3-9H,10H2,1-2H3,(H,22,25)/b15-8-. The molecule has 6 nitrogen and oxygen atoms in total. The molecule has 2 aromatic carbocycles. The summed E-state index contributed by atoms with van der Waals surface area (Å²) in [5.74, 6) is 0.653. The van der Waals surface area contributed by atoms with E-state index in [0.29, 0.717) is 26.6 Å². The van der Waals surface area contributed by atoms with Gasteiger partial charge in [-0.15, -0.1) is 0 Å². The summed E-state index contributed by atoms with van der Waals surface area (Å²) in [5.41, 5.74) is 1.67. The third-order valence-electron chi connectivity index (χ3n) is 3.98. The molecule has 27 heavy (non-hydrogen) atoms. The van der Waals surface area contributed by atoms with Crippen LogP contribution < -0.4 is 14.8 Å². The predicted molar refractivity (Wildman–Crippen MR) is 106 cm³/mol. The number of imide groups is 1. The van der Waals surface area contributed by atoms with Crippen molar-refractivity contribution in [2.75, 3.05) is 14.2 Å². The Bertz CT molecular complexity index is 928. The van der Waals surface area contributed by atoms with Crippen molar-refractivity contribution in [1.29, 1.82) is 0 Å². The molecule has 0 radical (unpaired) electrons. The number of urea groups is 1. The molecule has 3 amide bonds. The fourth-order valence-corrected chi connectivity index (χ4v) is 3.42. The molecular formula is C19H16BrClN2O4. The Morgan fingerprint density at radius 1 is 1.15 bits per heavy atom. The average Bonchev–Trinajstić information content (AvgIpc) is 2.90. The highest BCUT2D eigenvalue weighted by molar-refractivity contribution is 9.10. The number of carbonyl (C=O) groups is 2. The summed E-state index contributed by atoms with van der Waals surface area (Å²) in [6, 6.07) is 10.0. The molecule has 0 saturated carbocycles. The van der Waals surface area contributed by atoms with E-state index >= 15 is 0 Å². The minimum absolute atomic E-state index is 0.162. The van der Waals surface area contributed by atoms with E-state index in [4.69, 9.17) is 21.1 Å². The molecule has 8 heteroatoms. The summed E-state index contributed by atoms with van der Waals surface area (Å²) in [5, 5.41) is 3.20. The van der Waals surface area contributed by atoms with Crippen molar-refractivity contribution in [3.63, 3.8) is 0 Å². The van der Waals surface area contributed by atoms with Crippen LogP contribution in [0, 0.1) is 0 Å². The van der Waals surface area contributed by atoms with Gasteiger partial charge in [-0.05, 0) is 57.4 Å². The lowest BCUT2D eigenvalue weighted by molar-refractivity contribution is -0.123. The topological polar surface area (TPSA) is 67.9 Å². The van der Waals surface area contributed by atoms with Gasteiger partial charge >= 0.3 is 6.03 Å². The molecule has 1 fully saturated rings. The van der Waals surface area contributed by atoms with Crippen molar-refractivity contribution in [2.24, 2.45) is 0 Å². The van der Waals surface area contributed by atoms with Crippen LogP contribution in [0.5, 0.6) is 11.5 Å². The minimum atomic E-state index is -0.472. The maximum Gasteiger partial charge on any atom is 0.329 e. The lowest BCUT2D eigenvalue weighted by Gasteiger charge is -2.12. The predicted octanol–water partition coefficient (Wildman–Crippen LogP) is 4.21. The average molecular weight is 452 g/mol. The van der Waals surface area contributed by atoms with Crippen LogP contribution in [0.3, 0.4) is 0 Å². The van der Waals surface area contributed by atoms with E-state index < -0.39 is 11.9 Å². The Balaban J connectivity index is 1.86. The molecule has 0 bridgehead atoms. The number of halogens is 2. The number of methoxy groups -OCH3 is 2. The van der Waals surface area contributed by atoms with Crippen molar-refractivity contribution in [1.82, 2.24) is 10.2 Å². The van der Waals surface area contributed by atoms with Crippen LogP contribution >= 0.6 is 27.5 Å². The van der Waals surface area contributed by atoms with Gasteiger partial charge in [0.1, 0.15) is 5.70 Å². The van der Waals surface area contributed by atoms with Gasteiger partial charge in [0, 0.05) is 5.02 Å². The molecule has 3 rings (SSSR count). The summed E-state index contributed by atoms with van der Waals surface area (Å²) >= 11 is 9.28. The van der Waals surface area contributed by atoms with Crippen LogP contribution in [0.15, 0.2) is 46.6 Å². The highest BCUT2D eigenvalue weighted by Crippen LogP contribution is 2.37. The molecule has 1 saturated heterocycles. The summed E-state index contributed by atoms with van der Waals surface area (Å²) < 4.78 is 11.2. The Morgan fingerprint density at radius 2 is 1.85 bits per heavy atom. The highest BCUT2D eigenvalue weighted by atomic mass is 79.9. The van der Waals surface area contributed by atoms with Crippen LogP contribution in [0.1, 0.15) is 11.1 Å². The molecular weight excluding hydrogens is 436 g/mol. The number of hydrogen-bond acceptors (Lipinski definition) is 4. The molecule has 0 unspecified atom stereocenters. The second-order valence-corrected chi connectivity index (χ2v) is 7.03. The zero-order chi connectivity index (χ0) is 19.6. The number of benzene rings is 2. The van der Waals surface area contributed by atoms with Gasteiger partial charge in [-0.25, -0.2) is 4.79 Å². The summed E-state index contributed by atoms with van der Waals surface area (Å²) in [7, 11) is 3.06. The Kier molecular flexibility index (Phi) is 5.72. The van der Waals surface area contributed by atoms with Gasteiger partial charge in [-0.2, -0.15) is 0 Å². The van der Waals surface area contributed by atoms with Gasteiger partial charge in [-0.1, -0.05) is 23.7 Å². The Labute approximate surface area is 169 Å². The highest BCUT2D eigenvalue weighted by Gasteiger charge is 2.33. The van der Waals surface area contributed by atoms with Crippen LogP contribution in [0.2, 0.25) is 5.02 Å². The largest absolute Gasteiger partial charge is 0.493 e. The third-order valence-corrected chi connectivity index (χ3v) is 4.82. The quantitative estimate of drug-likeness (QED) is 0.546. The van der Waals surface area contributed by atoms with E-state index in [1.165, 1.54) is 14.2 Å². The lowest BCUT2D eigenvalue weighted by atomic mass is 10.1. The maximum absolute atomic E-state index is 12.6. The van der Waals surface area contributed by atoms with E-state index in [1.54, 1.807) is 42.5 Å². The number of amides is 3. The molecule has 1 aliphatic heterocycles. The van der Waals surface area contributed by atoms with E-state index in [0.717, 1.165) is 10.5 Å². The zero-order valence-electron chi connectivity index (χ0n) is 14.6. The Hall–Kier alpha value is -2.51. The van der Waals surface area contributed by atoms with Crippen LogP contribution in [-0.4, -0.2) is 31.1 Å². The van der Waals surface area contributed by atoms with E-state index in [9.17, 15) is 9.59 Å². The second-order valence-electron chi connectivity index (χ2n) is 5.74. The van der Waals surface area contributed by atoms with Crippen molar-refractivity contribution in [2.45, 2.75) is 6.54 Å². The first-order valence-electron chi connectivity index (χ1n) is 7.93. The monoisotopic (exact) mass is 450 g/mol. The number of nitrogens with zero attached hydrogens (tertiary/aromatic N) is 1. The second kappa shape index (κ2) is 8.02. The summed E-state index contributed by atoms with van der Waals surface area (Å²) in [4.78, 5) is 26.0. The zero-order valence-corrected chi connectivity index (χ0v) is 16.9. The van der Waals surface area contributed by atoms with E-state index in [1.807, 2.05) is 0 Å². The van der Waals surface area contributed by atoms with E-state index in [2.05, 4.69) is 21.2 Å². The SMILES string of the molecule is COc1cc(/C=C2\NC(=O)N(Cc3ccc(Cl)cc3)C2=O)cc(Br)c1OC. The summed E-state index contributed by atoms with van der Waals surface area (Å²) in [6.07, 6.45) is 1.59. The third kappa shape index (κ3) is 4.09. The van der Waals surface area contributed by atoms with Crippen LogP contribution in [0.4, 0.5) is 4.79 Å². The molecule has 0 aliphatic carbocycles. The van der Waals surface area contributed by atoms with Crippen molar-refractivity contribution < 1.29 is 19.1 Å². The first kappa shape index (κ1) is 19.3. The van der Waals surface area contributed by atoms with Gasteiger partial charge < -0.3 is 14.8 Å². The first-order chi connectivity index (χ1) is 12.9. The fourth-order valence-electron chi connectivity index (χ4n) is 2.68. The number of ether oxygens (including phenoxy) is 2. The van der Waals surface area contributed by atoms with Gasteiger partial charge in [0.25, 0.3) is 5.91 Å². The first-order valence-corrected chi connectivity index (χ1v) is 9.10. The number of carbonyl (C=O) groups excluding carboxylic acids is 2. The van der Waals surface area contributed by atoms with Crippen molar-refractivity contribution >= 4 is 45.5 Å². The number of nitrogens with one attached hydrogen (secondary N) is 1. The van der Waals surface area contributed by atoms with Gasteiger partial charge in [0.05, 0.1) is 25.2 Å². The molecule has 1 N–H and O–H groups in total. The number of rotatable bonds is 5. The van der Waals surface area contributed by atoms with Gasteiger partial charge in [0.2, 0.25) is 0 Å². The molecule has 1 aliphatic rings.